The van der Waals surface area contributed by atoms with Crippen LogP contribution in [0.3, 0.4) is 0 Å². The molecule has 0 bridgehead atoms. The summed E-state index contributed by atoms with van der Waals surface area (Å²) in [5, 5.41) is 4.68. The minimum absolute atomic E-state index is 0.128. The van der Waals surface area contributed by atoms with Gasteiger partial charge < -0.3 is 18.6 Å². The predicted molar refractivity (Wildman–Crippen MR) is 102 cm³/mol. The number of nitrogens with zero attached hydrogens (tertiary/aromatic N) is 1. The number of carbonyl (C=O) groups is 2. The van der Waals surface area contributed by atoms with Gasteiger partial charge in [-0.15, -0.1) is 0 Å². The van der Waals surface area contributed by atoms with Crippen molar-refractivity contribution in [1.29, 1.82) is 0 Å². The lowest BCUT2D eigenvalue weighted by Crippen LogP contribution is -2.16. The molecule has 144 valence electrons. The smallest absolute Gasteiger partial charge is 0.343 e. The van der Waals surface area contributed by atoms with E-state index in [1.54, 1.807) is 36.4 Å². The molecular weight excluding hydrogens is 364 g/mol. The van der Waals surface area contributed by atoms with Crippen LogP contribution in [0.15, 0.2) is 58.0 Å². The zero-order valence-electron chi connectivity index (χ0n) is 15.3. The van der Waals surface area contributed by atoms with Crippen molar-refractivity contribution in [2.24, 2.45) is 5.10 Å². The van der Waals surface area contributed by atoms with Crippen LogP contribution >= 0.6 is 0 Å². The Balaban J connectivity index is 1.60. The molecule has 2 aromatic carbocycles. The average Bonchev–Trinajstić information content (AvgIpc) is 3.17. The van der Waals surface area contributed by atoms with Crippen LogP contribution in [0.2, 0.25) is 0 Å². The first kappa shape index (κ1) is 19.0. The van der Waals surface area contributed by atoms with Gasteiger partial charge in [0.25, 0.3) is 0 Å². The number of fused-ring (bicyclic) bond motifs is 1. The second kappa shape index (κ2) is 8.72. The van der Waals surface area contributed by atoms with Gasteiger partial charge in [-0.1, -0.05) is 12.1 Å². The van der Waals surface area contributed by atoms with Gasteiger partial charge in [0, 0.05) is 5.39 Å². The van der Waals surface area contributed by atoms with Crippen molar-refractivity contribution in [2.75, 3.05) is 20.8 Å². The second-order valence-electron chi connectivity index (χ2n) is 5.62. The summed E-state index contributed by atoms with van der Waals surface area (Å²) in [5.41, 5.74) is 3.65. The van der Waals surface area contributed by atoms with Crippen LogP contribution in [0, 0.1) is 0 Å². The lowest BCUT2D eigenvalue weighted by Gasteiger charge is -2.04. The maximum Gasteiger partial charge on any atom is 0.343 e. The lowest BCUT2D eigenvalue weighted by molar-refractivity contribution is -0.142. The molecule has 0 atom stereocenters. The number of para-hydroxylation sites is 1. The number of esters is 1. The van der Waals surface area contributed by atoms with Gasteiger partial charge in [0.1, 0.15) is 5.75 Å². The number of hydrogen-bond donors (Lipinski definition) is 1. The first-order chi connectivity index (χ1) is 13.6. The summed E-state index contributed by atoms with van der Waals surface area (Å²) in [5.74, 6) is 0.254. The number of hydrazone groups is 1. The fourth-order valence-electron chi connectivity index (χ4n) is 2.38. The van der Waals surface area contributed by atoms with E-state index in [0.29, 0.717) is 17.1 Å². The molecule has 0 radical (unpaired) electrons. The molecule has 1 heterocycles. The van der Waals surface area contributed by atoms with Crippen LogP contribution in [0.1, 0.15) is 16.1 Å². The van der Waals surface area contributed by atoms with Crippen molar-refractivity contribution < 1.29 is 28.2 Å². The summed E-state index contributed by atoms with van der Waals surface area (Å²) < 4.78 is 20.5. The van der Waals surface area contributed by atoms with Crippen molar-refractivity contribution in [3.8, 4) is 11.5 Å². The molecular formula is C20H18N2O6. The Hall–Kier alpha value is -3.81. The Morgan fingerprint density at radius 1 is 1.14 bits per heavy atom. The minimum atomic E-state index is -0.479. The van der Waals surface area contributed by atoms with Gasteiger partial charge >= 0.3 is 11.9 Å². The van der Waals surface area contributed by atoms with Gasteiger partial charge in [0.15, 0.2) is 23.7 Å². The largest absolute Gasteiger partial charge is 0.493 e. The third-order valence-corrected chi connectivity index (χ3v) is 3.80. The van der Waals surface area contributed by atoms with Gasteiger partial charge in [0.2, 0.25) is 0 Å². The number of nitrogens with one attached hydrogen (secondary N) is 1. The van der Waals surface area contributed by atoms with E-state index >= 15 is 0 Å². The Kier molecular flexibility index (Phi) is 5.91. The van der Waals surface area contributed by atoms with Crippen LogP contribution in [-0.4, -0.2) is 38.9 Å². The number of methoxy groups -OCH3 is 2. The fraction of sp³-hybridized carbons (Fsp3) is 0.150. The molecule has 3 aromatic rings. The highest BCUT2D eigenvalue weighted by Gasteiger charge is 2.14. The summed E-state index contributed by atoms with van der Waals surface area (Å²) in [6.45, 7) is -0.164. The number of hydrogen-bond acceptors (Lipinski definition) is 7. The maximum atomic E-state index is 12.2. The van der Waals surface area contributed by atoms with Gasteiger partial charge in [-0.25, -0.2) is 10.2 Å². The molecule has 3 rings (SSSR count). The number of benzene rings is 2. The Bertz CT molecular complexity index is 1010. The number of rotatable bonds is 7. The molecule has 8 heteroatoms. The molecule has 1 amide bonds. The zero-order chi connectivity index (χ0) is 19.9. The van der Waals surface area contributed by atoms with Crippen LogP contribution in [0.25, 0.3) is 11.0 Å². The van der Waals surface area contributed by atoms with E-state index in [0.717, 1.165) is 10.9 Å². The topological polar surface area (TPSA) is 99.4 Å². The normalized spacial score (nSPS) is 10.8. The van der Waals surface area contributed by atoms with Crippen LogP contribution in [0.4, 0.5) is 0 Å². The minimum Gasteiger partial charge on any atom is -0.493 e. The second-order valence-corrected chi connectivity index (χ2v) is 5.62. The van der Waals surface area contributed by atoms with E-state index in [1.807, 2.05) is 12.1 Å². The summed E-state index contributed by atoms with van der Waals surface area (Å²) in [6.07, 6.45) is 1.48. The summed E-state index contributed by atoms with van der Waals surface area (Å²) in [4.78, 5) is 23.3. The highest BCUT2D eigenvalue weighted by Crippen LogP contribution is 2.28. The van der Waals surface area contributed by atoms with Crippen LogP contribution in [0.5, 0.6) is 11.5 Å². The summed E-state index contributed by atoms with van der Waals surface area (Å²) >= 11 is 0. The molecule has 0 unspecified atom stereocenters. The van der Waals surface area contributed by atoms with E-state index in [2.05, 4.69) is 15.3 Å². The standard InChI is InChI=1S/C20H18N2O6/c1-25-16-5-3-4-14-10-17(28-19(14)16)20(24)22-21-11-13-6-8-15(9-7-13)27-12-18(23)26-2/h3-11H,12H2,1-2H3,(H,22,24)/b21-11-. The number of carbonyl (C=O) groups excluding carboxylic acids is 2. The molecule has 1 N–H and O–H groups in total. The third-order valence-electron chi connectivity index (χ3n) is 3.80. The highest BCUT2D eigenvalue weighted by molar-refractivity contribution is 5.97. The number of ether oxygens (including phenoxy) is 3. The maximum absolute atomic E-state index is 12.2. The van der Waals surface area contributed by atoms with E-state index in [9.17, 15) is 9.59 Å². The SMILES string of the molecule is COC(=O)COc1ccc(/C=N\NC(=O)c2cc3cccc(OC)c3o2)cc1. The van der Waals surface area contributed by atoms with Crippen LogP contribution < -0.4 is 14.9 Å². The molecule has 8 nitrogen and oxygen atoms in total. The van der Waals surface area contributed by atoms with Crippen molar-refractivity contribution in [2.45, 2.75) is 0 Å². The molecule has 0 spiro atoms. The predicted octanol–water partition coefficient (Wildman–Crippen LogP) is 2.76. The average molecular weight is 382 g/mol. The molecule has 0 fully saturated rings. The first-order valence-electron chi connectivity index (χ1n) is 8.30. The van der Waals surface area contributed by atoms with E-state index < -0.39 is 11.9 Å². The lowest BCUT2D eigenvalue weighted by atomic mass is 10.2. The molecule has 1 aromatic heterocycles. The Morgan fingerprint density at radius 3 is 2.64 bits per heavy atom. The van der Waals surface area contributed by atoms with E-state index in [1.165, 1.54) is 20.4 Å². The summed E-state index contributed by atoms with van der Waals surface area (Å²) in [6, 6.07) is 13.8. The molecule has 0 saturated heterocycles. The molecule has 0 saturated carbocycles. The number of amides is 1. The molecule has 0 aliphatic rings. The van der Waals surface area contributed by atoms with E-state index in [-0.39, 0.29) is 12.4 Å². The van der Waals surface area contributed by atoms with Crippen molar-refractivity contribution in [3.63, 3.8) is 0 Å². The van der Waals surface area contributed by atoms with Gasteiger partial charge in [-0.3, -0.25) is 4.79 Å². The van der Waals surface area contributed by atoms with Crippen molar-refractivity contribution >= 4 is 29.1 Å². The van der Waals surface area contributed by atoms with Crippen LogP contribution in [-0.2, 0) is 9.53 Å². The first-order valence-corrected chi connectivity index (χ1v) is 8.30. The monoisotopic (exact) mass is 382 g/mol. The van der Waals surface area contributed by atoms with Gasteiger partial charge in [0.05, 0.1) is 20.4 Å². The van der Waals surface area contributed by atoms with Gasteiger partial charge in [-0.2, -0.15) is 5.10 Å². The molecule has 0 aliphatic carbocycles. The molecule has 28 heavy (non-hydrogen) atoms. The molecule has 0 aliphatic heterocycles. The highest BCUT2D eigenvalue weighted by atomic mass is 16.6. The quantitative estimate of drug-likeness (QED) is 0.383. The third kappa shape index (κ3) is 4.47. The summed E-state index contributed by atoms with van der Waals surface area (Å²) in [7, 11) is 2.83. The Labute approximate surface area is 160 Å². The fourth-order valence-corrected chi connectivity index (χ4v) is 2.38. The van der Waals surface area contributed by atoms with Crippen molar-refractivity contribution in [1.82, 2.24) is 5.43 Å². The number of furan rings is 1. The van der Waals surface area contributed by atoms with Gasteiger partial charge in [-0.05, 0) is 42.0 Å². The zero-order valence-corrected chi connectivity index (χ0v) is 15.3. The van der Waals surface area contributed by atoms with E-state index in [4.69, 9.17) is 13.9 Å². The van der Waals surface area contributed by atoms with Crippen molar-refractivity contribution in [3.05, 3.63) is 59.9 Å². The Morgan fingerprint density at radius 2 is 1.93 bits per heavy atom.